The van der Waals surface area contributed by atoms with E-state index < -0.39 is 11.8 Å². The van der Waals surface area contributed by atoms with Crippen LogP contribution < -0.4 is 25.1 Å². The number of nitrogens with zero attached hydrogens (tertiary/aromatic N) is 1. The lowest BCUT2D eigenvalue weighted by Crippen LogP contribution is -2.41. The van der Waals surface area contributed by atoms with Crippen molar-refractivity contribution < 1.29 is 28.3 Å². The molecule has 0 atom stereocenters. The number of methoxy groups -OCH3 is 2. The number of rotatable bonds is 7. The minimum atomic E-state index is -0.633. The minimum Gasteiger partial charge on any atom is -0.496 e. The molecule has 2 amide bonds. The van der Waals surface area contributed by atoms with Crippen molar-refractivity contribution in [1.82, 2.24) is 16.0 Å². The van der Waals surface area contributed by atoms with Crippen LogP contribution in [-0.2, 0) is 0 Å². The highest BCUT2D eigenvalue weighted by atomic mass is 16.5. The monoisotopic (exact) mass is 411 g/mol. The van der Waals surface area contributed by atoms with Gasteiger partial charge in [-0.25, -0.2) is 0 Å². The number of hydrogen-bond donors (Lipinski definition) is 2. The van der Waals surface area contributed by atoms with E-state index >= 15 is 0 Å². The number of amides is 2. The third-order valence-corrected chi connectivity index (χ3v) is 4.13. The number of nitrogens with one attached hydrogen (secondary N) is 2. The van der Waals surface area contributed by atoms with Crippen LogP contribution >= 0.6 is 0 Å². The molecule has 3 rings (SSSR count). The second-order valence-corrected chi connectivity index (χ2v) is 5.98. The molecule has 0 unspecified atom stereocenters. The molecule has 3 aromatic rings. The predicted octanol–water partition coefficient (Wildman–Crippen LogP) is 2.83. The van der Waals surface area contributed by atoms with Gasteiger partial charge in [0.05, 0.1) is 26.4 Å². The molecule has 0 aliphatic rings. The van der Waals surface area contributed by atoms with Gasteiger partial charge in [0.2, 0.25) is 0 Å². The smallest absolute Gasteiger partial charge is 0.291 e. The van der Waals surface area contributed by atoms with Crippen LogP contribution in [0.25, 0.3) is 11.3 Å². The summed E-state index contributed by atoms with van der Waals surface area (Å²) in [6, 6.07) is 13.3. The van der Waals surface area contributed by atoms with Gasteiger partial charge in [0.15, 0.2) is 23.0 Å². The number of hydrazine groups is 1. The molecule has 9 nitrogen and oxygen atoms in total. The molecule has 0 spiro atoms. The Labute approximate surface area is 172 Å². The van der Waals surface area contributed by atoms with E-state index in [2.05, 4.69) is 16.0 Å². The maximum Gasteiger partial charge on any atom is 0.291 e. The number of para-hydroxylation sites is 1. The second-order valence-electron chi connectivity index (χ2n) is 5.98. The fraction of sp³-hybridized carbons (Fsp3) is 0.190. The topological polar surface area (TPSA) is 112 Å². The second kappa shape index (κ2) is 9.46. The molecular formula is C21H21N3O6. The van der Waals surface area contributed by atoms with Crippen molar-refractivity contribution in [3.05, 3.63) is 59.8 Å². The first-order valence-corrected chi connectivity index (χ1v) is 9.09. The number of ether oxygens (including phenoxy) is 3. The molecule has 2 aromatic carbocycles. The van der Waals surface area contributed by atoms with Gasteiger partial charge >= 0.3 is 0 Å². The molecule has 156 valence electrons. The molecule has 0 saturated heterocycles. The normalized spacial score (nSPS) is 10.2. The van der Waals surface area contributed by atoms with Crippen molar-refractivity contribution >= 4 is 11.8 Å². The van der Waals surface area contributed by atoms with Gasteiger partial charge in [-0.1, -0.05) is 17.3 Å². The fourth-order valence-corrected chi connectivity index (χ4v) is 2.69. The molecule has 30 heavy (non-hydrogen) atoms. The van der Waals surface area contributed by atoms with Crippen LogP contribution in [0.15, 0.2) is 53.1 Å². The quantitative estimate of drug-likeness (QED) is 0.575. The number of carbonyl (C=O) groups excluding carboxylic acids is 2. The molecule has 0 bridgehead atoms. The van der Waals surface area contributed by atoms with E-state index in [0.29, 0.717) is 35.2 Å². The van der Waals surface area contributed by atoms with Gasteiger partial charge < -0.3 is 18.7 Å². The molecular weight excluding hydrogens is 390 g/mol. The Balaban J connectivity index is 1.66. The lowest BCUT2D eigenvalue weighted by Gasteiger charge is -2.11. The highest BCUT2D eigenvalue weighted by molar-refractivity contribution is 5.99. The number of hydrogen-bond acceptors (Lipinski definition) is 7. The lowest BCUT2D eigenvalue weighted by atomic mass is 10.1. The van der Waals surface area contributed by atoms with Crippen molar-refractivity contribution in [2.75, 3.05) is 20.8 Å². The third-order valence-electron chi connectivity index (χ3n) is 4.13. The maximum atomic E-state index is 12.3. The van der Waals surface area contributed by atoms with Gasteiger partial charge in [0.25, 0.3) is 11.8 Å². The zero-order chi connectivity index (χ0) is 21.5. The Morgan fingerprint density at radius 2 is 1.67 bits per heavy atom. The first kappa shape index (κ1) is 20.7. The molecule has 0 saturated carbocycles. The van der Waals surface area contributed by atoms with Crippen LogP contribution in [-0.4, -0.2) is 37.8 Å². The zero-order valence-corrected chi connectivity index (χ0v) is 16.7. The van der Waals surface area contributed by atoms with E-state index in [1.54, 1.807) is 24.3 Å². The zero-order valence-electron chi connectivity index (χ0n) is 16.7. The average Bonchev–Trinajstić information content (AvgIpc) is 3.28. The number of benzene rings is 2. The van der Waals surface area contributed by atoms with E-state index in [1.165, 1.54) is 26.4 Å². The van der Waals surface area contributed by atoms with Gasteiger partial charge in [-0.3, -0.25) is 20.4 Å². The van der Waals surface area contributed by atoms with E-state index in [-0.39, 0.29) is 11.3 Å². The lowest BCUT2D eigenvalue weighted by molar-refractivity contribution is 0.0841. The third kappa shape index (κ3) is 4.52. The highest BCUT2D eigenvalue weighted by Crippen LogP contribution is 2.30. The SMILES string of the molecule is CCOc1ccc(C(=O)NNC(=O)c2cc(-c3ccccc3OC)on2)cc1OC. The van der Waals surface area contributed by atoms with Crippen molar-refractivity contribution in [2.45, 2.75) is 6.92 Å². The summed E-state index contributed by atoms with van der Waals surface area (Å²) in [6.07, 6.45) is 0. The Kier molecular flexibility index (Phi) is 6.53. The van der Waals surface area contributed by atoms with Crippen LogP contribution in [0.4, 0.5) is 0 Å². The van der Waals surface area contributed by atoms with E-state index in [0.717, 1.165) is 0 Å². The maximum absolute atomic E-state index is 12.3. The largest absolute Gasteiger partial charge is 0.496 e. The summed E-state index contributed by atoms with van der Waals surface area (Å²) in [7, 11) is 3.01. The van der Waals surface area contributed by atoms with Crippen LogP contribution in [0.3, 0.4) is 0 Å². The fourth-order valence-electron chi connectivity index (χ4n) is 2.69. The average molecular weight is 411 g/mol. The van der Waals surface area contributed by atoms with Crippen molar-refractivity contribution in [3.63, 3.8) is 0 Å². The van der Waals surface area contributed by atoms with Crippen LogP contribution in [0.2, 0.25) is 0 Å². The standard InChI is InChI=1S/C21H21N3O6/c1-4-29-17-10-9-13(11-19(17)28-3)20(25)22-23-21(26)15-12-18(30-24-15)14-7-5-6-8-16(14)27-2/h5-12H,4H2,1-3H3,(H,22,25)(H,23,26). The summed E-state index contributed by atoms with van der Waals surface area (Å²) < 4.78 is 21.2. The summed E-state index contributed by atoms with van der Waals surface area (Å²) in [5.74, 6) is 0.712. The molecule has 1 heterocycles. The Morgan fingerprint density at radius 1 is 0.933 bits per heavy atom. The summed E-state index contributed by atoms with van der Waals surface area (Å²) >= 11 is 0. The summed E-state index contributed by atoms with van der Waals surface area (Å²) in [5, 5.41) is 3.75. The molecule has 0 radical (unpaired) electrons. The number of aromatic nitrogens is 1. The van der Waals surface area contributed by atoms with Gasteiger partial charge in [-0.2, -0.15) is 0 Å². The molecule has 0 aliphatic heterocycles. The summed E-state index contributed by atoms with van der Waals surface area (Å²) in [6.45, 7) is 2.31. The van der Waals surface area contributed by atoms with Gasteiger partial charge in [0, 0.05) is 11.6 Å². The van der Waals surface area contributed by atoms with Gasteiger partial charge in [-0.05, 0) is 37.3 Å². The van der Waals surface area contributed by atoms with Crippen molar-refractivity contribution in [3.8, 4) is 28.6 Å². The van der Waals surface area contributed by atoms with Crippen LogP contribution in [0, 0.1) is 0 Å². The molecule has 1 aromatic heterocycles. The van der Waals surface area contributed by atoms with Gasteiger partial charge in [-0.15, -0.1) is 0 Å². The Bertz CT molecular complexity index is 1050. The van der Waals surface area contributed by atoms with Gasteiger partial charge in [0.1, 0.15) is 5.75 Å². The van der Waals surface area contributed by atoms with Crippen LogP contribution in [0.1, 0.15) is 27.8 Å². The molecule has 0 aliphatic carbocycles. The molecule has 9 heteroatoms. The Morgan fingerprint density at radius 3 is 2.40 bits per heavy atom. The minimum absolute atomic E-state index is 0.000445. The Hall–Kier alpha value is -4.01. The number of carbonyl (C=O) groups is 2. The summed E-state index contributed by atoms with van der Waals surface area (Å²) in [5.41, 5.74) is 5.57. The molecule has 2 N–H and O–H groups in total. The molecule has 0 fully saturated rings. The summed E-state index contributed by atoms with van der Waals surface area (Å²) in [4.78, 5) is 24.7. The highest BCUT2D eigenvalue weighted by Gasteiger charge is 2.17. The van der Waals surface area contributed by atoms with E-state index in [1.807, 2.05) is 19.1 Å². The predicted molar refractivity (Wildman–Crippen MR) is 108 cm³/mol. The first-order valence-electron chi connectivity index (χ1n) is 9.09. The van der Waals surface area contributed by atoms with E-state index in [4.69, 9.17) is 18.7 Å². The van der Waals surface area contributed by atoms with Crippen molar-refractivity contribution in [2.24, 2.45) is 0 Å². The van der Waals surface area contributed by atoms with Crippen molar-refractivity contribution in [1.29, 1.82) is 0 Å². The van der Waals surface area contributed by atoms with Crippen LogP contribution in [0.5, 0.6) is 17.2 Å². The van der Waals surface area contributed by atoms with E-state index in [9.17, 15) is 9.59 Å². The first-order chi connectivity index (χ1) is 14.6.